The van der Waals surface area contributed by atoms with E-state index >= 15 is 0 Å². The first kappa shape index (κ1) is 16.4. The molecule has 1 aliphatic heterocycles. The van der Waals surface area contributed by atoms with Gasteiger partial charge in [0.1, 0.15) is 9.77 Å². The highest BCUT2D eigenvalue weighted by molar-refractivity contribution is 7.89. The second-order valence-electron chi connectivity index (χ2n) is 5.07. The van der Waals surface area contributed by atoms with Gasteiger partial charge in [0.05, 0.1) is 7.11 Å². The van der Waals surface area contributed by atoms with Gasteiger partial charge in [0, 0.05) is 19.1 Å². The number of methoxy groups -OCH3 is 1. The molecule has 1 aromatic heterocycles. The summed E-state index contributed by atoms with van der Waals surface area (Å²) in [5.41, 5.74) is 6.28. The highest BCUT2D eigenvalue weighted by Gasteiger charge is 2.37. The zero-order valence-electron chi connectivity index (χ0n) is 12.2. The Balaban J connectivity index is 2.48. The van der Waals surface area contributed by atoms with Crippen LogP contribution in [0.1, 0.15) is 34.5 Å². The van der Waals surface area contributed by atoms with Gasteiger partial charge in [-0.1, -0.05) is 6.42 Å². The fourth-order valence-corrected chi connectivity index (χ4v) is 6.00. The van der Waals surface area contributed by atoms with Crippen molar-refractivity contribution in [2.75, 3.05) is 20.2 Å². The summed E-state index contributed by atoms with van der Waals surface area (Å²) in [7, 11) is -2.49. The molecule has 118 valence electrons. The maximum absolute atomic E-state index is 12.9. The minimum Gasteiger partial charge on any atom is -0.465 e. The lowest BCUT2D eigenvalue weighted by Gasteiger charge is -2.34. The molecule has 1 saturated heterocycles. The number of piperidine rings is 1. The Bertz CT molecular complexity index is 624. The Morgan fingerprint density at radius 1 is 1.52 bits per heavy atom. The van der Waals surface area contributed by atoms with Gasteiger partial charge >= 0.3 is 5.97 Å². The highest BCUT2D eigenvalue weighted by Crippen LogP contribution is 2.33. The molecule has 2 N–H and O–H groups in total. The molecule has 0 spiro atoms. The number of rotatable bonds is 4. The predicted molar refractivity (Wildman–Crippen MR) is 81.0 cm³/mol. The predicted octanol–water partition coefficient (Wildman–Crippen LogP) is 1.35. The number of nitrogens with zero attached hydrogens (tertiary/aromatic N) is 1. The third kappa shape index (κ3) is 2.98. The molecule has 1 aromatic rings. The van der Waals surface area contributed by atoms with Gasteiger partial charge in [0.25, 0.3) is 0 Å². The van der Waals surface area contributed by atoms with E-state index in [0.717, 1.165) is 30.6 Å². The maximum atomic E-state index is 12.9. The second kappa shape index (κ2) is 6.43. The van der Waals surface area contributed by atoms with Crippen LogP contribution in [-0.4, -0.2) is 44.9 Å². The van der Waals surface area contributed by atoms with Crippen LogP contribution < -0.4 is 5.73 Å². The summed E-state index contributed by atoms with van der Waals surface area (Å²) in [6.45, 7) is 2.42. The standard InChI is InChI=1S/C13H20N2O4S2/c1-9-8-20-11(13(16)19-2)12(9)21(17,18)15-6-4-3-5-10(15)7-14/h8,10H,3-7,14H2,1-2H3. The summed E-state index contributed by atoms with van der Waals surface area (Å²) < 4.78 is 32.0. The van der Waals surface area contributed by atoms with Crippen LogP contribution in [0.5, 0.6) is 0 Å². The molecule has 0 amide bonds. The molecule has 0 aromatic carbocycles. The fourth-order valence-electron chi connectivity index (χ4n) is 2.63. The third-order valence-electron chi connectivity index (χ3n) is 3.70. The number of ether oxygens (including phenoxy) is 1. The van der Waals surface area contributed by atoms with Gasteiger partial charge in [0.2, 0.25) is 10.0 Å². The topological polar surface area (TPSA) is 89.7 Å². The molecule has 21 heavy (non-hydrogen) atoms. The Hall–Kier alpha value is -0.960. The van der Waals surface area contributed by atoms with Crippen molar-refractivity contribution in [3.63, 3.8) is 0 Å². The van der Waals surface area contributed by atoms with Gasteiger partial charge in [-0.2, -0.15) is 4.31 Å². The lowest BCUT2D eigenvalue weighted by Crippen LogP contribution is -2.47. The number of nitrogens with two attached hydrogens (primary N) is 1. The molecule has 0 aliphatic carbocycles. The van der Waals surface area contributed by atoms with Crippen molar-refractivity contribution in [2.45, 2.75) is 37.1 Å². The van der Waals surface area contributed by atoms with Crippen molar-refractivity contribution in [1.29, 1.82) is 0 Å². The molecule has 8 heteroatoms. The second-order valence-corrected chi connectivity index (χ2v) is 7.78. The number of sulfonamides is 1. The molecule has 1 atom stereocenters. The monoisotopic (exact) mass is 332 g/mol. The smallest absolute Gasteiger partial charge is 0.349 e. The Labute approximate surface area is 128 Å². The van der Waals surface area contributed by atoms with E-state index in [4.69, 9.17) is 5.73 Å². The van der Waals surface area contributed by atoms with Gasteiger partial charge in [-0.15, -0.1) is 11.3 Å². The van der Waals surface area contributed by atoms with Gasteiger partial charge < -0.3 is 10.5 Å². The summed E-state index contributed by atoms with van der Waals surface area (Å²) in [6.07, 6.45) is 2.54. The Morgan fingerprint density at radius 2 is 2.24 bits per heavy atom. The van der Waals surface area contributed by atoms with Crippen molar-refractivity contribution >= 4 is 27.3 Å². The normalized spacial score (nSPS) is 20.4. The molecule has 0 bridgehead atoms. The first-order valence-electron chi connectivity index (χ1n) is 6.81. The van der Waals surface area contributed by atoms with Gasteiger partial charge in [-0.3, -0.25) is 0 Å². The molecule has 0 radical (unpaired) electrons. The van der Waals surface area contributed by atoms with E-state index in [2.05, 4.69) is 4.74 Å². The van der Waals surface area contributed by atoms with E-state index in [-0.39, 0.29) is 22.4 Å². The lowest BCUT2D eigenvalue weighted by atomic mass is 10.1. The van der Waals surface area contributed by atoms with Crippen LogP contribution >= 0.6 is 11.3 Å². The van der Waals surface area contributed by atoms with E-state index < -0.39 is 16.0 Å². The first-order valence-corrected chi connectivity index (χ1v) is 9.13. The maximum Gasteiger partial charge on any atom is 0.349 e. The zero-order chi connectivity index (χ0) is 15.6. The molecule has 6 nitrogen and oxygen atoms in total. The van der Waals surface area contributed by atoms with E-state index in [1.807, 2.05) is 0 Å². The quantitative estimate of drug-likeness (QED) is 0.841. The Kier molecular flexibility index (Phi) is 5.03. The average molecular weight is 332 g/mol. The number of aryl methyl sites for hydroxylation is 1. The molecule has 2 heterocycles. The van der Waals surface area contributed by atoms with Crippen molar-refractivity contribution < 1.29 is 17.9 Å². The highest BCUT2D eigenvalue weighted by atomic mass is 32.2. The molecule has 1 aliphatic rings. The zero-order valence-corrected chi connectivity index (χ0v) is 13.8. The number of hydrogen-bond acceptors (Lipinski definition) is 6. The number of esters is 1. The lowest BCUT2D eigenvalue weighted by molar-refractivity contribution is 0.0602. The summed E-state index contributed by atoms with van der Waals surface area (Å²) in [4.78, 5) is 12.0. The number of hydrogen-bond donors (Lipinski definition) is 1. The van der Waals surface area contributed by atoms with Crippen molar-refractivity contribution in [3.05, 3.63) is 15.8 Å². The van der Waals surface area contributed by atoms with E-state index in [0.29, 0.717) is 12.1 Å². The molecule has 0 saturated carbocycles. The summed E-state index contributed by atoms with van der Waals surface area (Å²) in [5.74, 6) is -0.618. The van der Waals surface area contributed by atoms with Gasteiger partial charge in [0.15, 0.2) is 0 Å². The Morgan fingerprint density at radius 3 is 2.86 bits per heavy atom. The molecular weight excluding hydrogens is 312 g/mol. The van der Waals surface area contributed by atoms with E-state index in [9.17, 15) is 13.2 Å². The van der Waals surface area contributed by atoms with Crippen LogP contribution in [0.15, 0.2) is 10.3 Å². The SMILES string of the molecule is COC(=O)c1scc(C)c1S(=O)(=O)N1CCCCC1CN. The van der Waals surface area contributed by atoms with Gasteiger partial charge in [-0.25, -0.2) is 13.2 Å². The van der Waals surface area contributed by atoms with Crippen LogP contribution in [0.3, 0.4) is 0 Å². The molecule has 2 rings (SSSR count). The van der Waals surface area contributed by atoms with E-state index in [1.165, 1.54) is 11.4 Å². The minimum absolute atomic E-state index is 0.0692. The van der Waals surface area contributed by atoms with Crippen LogP contribution in [0.25, 0.3) is 0 Å². The average Bonchev–Trinajstić information content (AvgIpc) is 2.88. The molecule has 1 fully saturated rings. The fraction of sp³-hybridized carbons (Fsp3) is 0.615. The van der Waals surface area contributed by atoms with Crippen molar-refractivity contribution in [3.8, 4) is 0 Å². The van der Waals surface area contributed by atoms with Crippen LogP contribution in [-0.2, 0) is 14.8 Å². The van der Waals surface area contributed by atoms with Crippen LogP contribution in [0.2, 0.25) is 0 Å². The number of carbonyl (C=O) groups is 1. The van der Waals surface area contributed by atoms with Crippen LogP contribution in [0.4, 0.5) is 0 Å². The first-order chi connectivity index (χ1) is 9.93. The number of thiophene rings is 1. The molecule has 1 unspecified atom stereocenters. The van der Waals surface area contributed by atoms with E-state index in [1.54, 1.807) is 12.3 Å². The van der Waals surface area contributed by atoms with Crippen molar-refractivity contribution in [1.82, 2.24) is 4.31 Å². The minimum atomic E-state index is -3.73. The summed E-state index contributed by atoms with van der Waals surface area (Å²) >= 11 is 1.10. The summed E-state index contributed by atoms with van der Waals surface area (Å²) in [6, 6.07) is -0.200. The van der Waals surface area contributed by atoms with Gasteiger partial charge in [-0.05, 0) is 30.7 Å². The van der Waals surface area contributed by atoms with Crippen molar-refractivity contribution in [2.24, 2.45) is 5.73 Å². The molecular formula is C13H20N2O4S2. The summed E-state index contributed by atoms with van der Waals surface area (Å²) in [5, 5.41) is 1.67. The number of carbonyl (C=O) groups excluding carboxylic acids is 1. The largest absolute Gasteiger partial charge is 0.465 e. The van der Waals surface area contributed by atoms with Crippen LogP contribution in [0, 0.1) is 6.92 Å². The third-order valence-corrected chi connectivity index (χ3v) is 7.05.